The number of anilines is 1. The smallest absolute Gasteiger partial charge is 0.141 e. The Morgan fingerprint density at radius 1 is 1.11 bits per heavy atom. The third-order valence-electron chi connectivity index (χ3n) is 2.59. The number of benzene rings is 1. The van der Waals surface area contributed by atoms with Crippen LogP contribution in [0.4, 0.5) is 5.82 Å². The van der Waals surface area contributed by atoms with Gasteiger partial charge in [-0.3, -0.25) is 0 Å². The molecule has 18 heavy (non-hydrogen) atoms. The number of nitrogen functional groups attached to an aromatic ring is 1. The normalized spacial score (nSPS) is 10.7. The summed E-state index contributed by atoms with van der Waals surface area (Å²) in [7, 11) is 0. The minimum atomic E-state index is 0.663. The Morgan fingerprint density at radius 2 is 2.00 bits per heavy atom. The topological polar surface area (TPSA) is 66.7 Å². The van der Waals surface area contributed by atoms with E-state index in [1.807, 2.05) is 30.3 Å². The van der Waals surface area contributed by atoms with Gasteiger partial charge in [-0.05, 0) is 24.3 Å². The Bertz CT molecular complexity index is 644. The number of hydrogen-bond acceptors (Lipinski definition) is 4. The first kappa shape index (κ1) is 11.1. The number of pyridine rings is 1. The first-order valence-electron chi connectivity index (χ1n) is 5.54. The summed E-state index contributed by atoms with van der Waals surface area (Å²) in [6.07, 6.45) is 0. The van der Waals surface area contributed by atoms with Gasteiger partial charge in [0, 0.05) is 10.9 Å². The van der Waals surface area contributed by atoms with E-state index < -0.39 is 0 Å². The molecule has 0 aliphatic heterocycles. The standard InChI is InChI=1S/C13H12N4S/c14-17-11-6-3-7-12(16-11)18-13-8-9-4-1-2-5-10(9)15-13/h1-8,15H,14H2,(H,16,17). The van der Waals surface area contributed by atoms with Crippen molar-refractivity contribution in [1.29, 1.82) is 0 Å². The van der Waals surface area contributed by atoms with E-state index in [-0.39, 0.29) is 0 Å². The largest absolute Gasteiger partial charge is 0.349 e. The first-order valence-corrected chi connectivity index (χ1v) is 6.36. The number of hydrogen-bond donors (Lipinski definition) is 3. The summed E-state index contributed by atoms with van der Waals surface area (Å²) in [4.78, 5) is 7.72. The number of hydrazine groups is 1. The van der Waals surface area contributed by atoms with Gasteiger partial charge in [0.25, 0.3) is 0 Å². The number of nitrogens with two attached hydrogens (primary N) is 1. The monoisotopic (exact) mass is 256 g/mol. The highest BCUT2D eigenvalue weighted by atomic mass is 32.2. The predicted molar refractivity (Wildman–Crippen MR) is 74.5 cm³/mol. The van der Waals surface area contributed by atoms with Crippen molar-refractivity contribution in [3.05, 3.63) is 48.5 Å². The second kappa shape index (κ2) is 4.72. The van der Waals surface area contributed by atoms with Crippen LogP contribution in [-0.2, 0) is 0 Å². The SMILES string of the molecule is NNc1cccc(Sc2cc3ccccc3[nH]2)n1. The molecular weight excluding hydrogens is 244 g/mol. The highest BCUT2D eigenvalue weighted by Crippen LogP contribution is 2.28. The summed E-state index contributed by atoms with van der Waals surface area (Å²) in [5, 5.41) is 3.17. The lowest BCUT2D eigenvalue weighted by Crippen LogP contribution is -2.08. The lowest BCUT2D eigenvalue weighted by molar-refractivity contribution is 1.10. The highest BCUT2D eigenvalue weighted by molar-refractivity contribution is 7.99. The zero-order valence-corrected chi connectivity index (χ0v) is 10.4. The lowest BCUT2D eigenvalue weighted by Gasteiger charge is -2.01. The molecule has 0 saturated carbocycles. The van der Waals surface area contributed by atoms with Crippen LogP contribution in [0.15, 0.2) is 58.6 Å². The van der Waals surface area contributed by atoms with Crippen LogP contribution in [0.25, 0.3) is 10.9 Å². The van der Waals surface area contributed by atoms with Gasteiger partial charge in [-0.15, -0.1) is 0 Å². The zero-order valence-electron chi connectivity index (χ0n) is 9.55. The van der Waals surface area contributed by atoms with Gasteiger partial charge in [-0.25, -0.2) is 10.8 Å². The van der Waals surface area contributed by atoms with Gasteiger partial charge < -0.3 is 10.4 Å². The van der Waals surface area contributed by atoms with Gasteiger partial charge in [-0.1, -0.05) is 36.0 Å². The number of para-hydroxylation sites is 1. The summed E-state index contributed by atoms with van der Waals surface area (Å²) < 4.78 is 0. The van der Waals surface area contributed by atoms with Gasteiger partial charge >= 0.3 is 0 Å². The van der Waals surface area contributed by atoms with Crippen LogP contribution in [0.2, 0.25) is 0 Å². The Labute approximate surface area is 109 Å². The van der Waals surface area contributed by atoms with E-state index in [9.17, 15) is 0 Å². The molecule has 3 aromatic rings. The number of aromatic nitrogens is 2. The fourth-order valence-corrected chi connectivity index (χ4v) is 2.63. The molecule has 0 amide bonds. The molecule has 0 unspecified atom stereocenters. The van der Waals surface area contributed by atoms with Crippen molar-refractivity contribution in [2.75, 3.05) is 5.43 Å². The van der Waals surface area contributed by atoms with E-state index in [0.29, 0.717) is 5.82 Å². The Morgan fingerprint density at radius 3 is 2.83 bits per heavy atom. The number of nitrogens with zero attached hydrogens (tertiary/aromatic N) is 1. The second-order valence-electron chi connectivity index (χ2n) is 3.83. The van der Waals surface area contributed by atoms with Crippen molar-refractivity contribution in [2.24, 2.45) is 5.84 Å². The molecule has 0 atom stereocenters. The van der Waals surface area contributed by atoms with Gasteiger partial charge in [0.15, 0.2) is 0 Å². The van der Waals surface area contributed by atoms with Crippen molar-refractivity contribution in [3.63, 3.8) is 0 Å². The fourth-order valence-electron chi connectivity index (χ4n) is 1.77. The molecule has 0 bridgehead atoms. The average Bonchev–Trinajstić information content (AvgIpc) is 2.81. The van der Waals surface area contributed by atoms with Gasteiger partial charge in [0.1, 0.15) is 10.8 Å². The highest BCUT2D eigenvalue weighted by Gasteiger charge is 2.03. The minimum Gasteiger partial charge on any atom is -0.349 e. The maximum Gasteiger partial charge on any atom is 0.141 e. The predicted octanol–water partition coefficient (Wildman–Crippen LogP) is 3.00. The van der Waals surface area contributed by atoms with Crippen LogP contribution >= 0.6 is 11.8 Å². The van der Waals surface area contributed by atoms with E-state index in [1.165, 1.54) is 5.39 Å². The molecule has 5 heteroatoms. The summed E-state index contributed by atoms with van der Waals surface area (Å²) in [5.41, 5.74) is 3.68. The molecule has 0 radical (unpaired) electrons. The van der Waals surface area contributed by atoms with E-state index in [2.05, 4.69) is 33.6 Å². The molecule has 0 spiro atoms. The lowest BCUT2D eigenvalue weighted by atomic mass is 10.3. The molecule has 0 saturated heterocycles. The van der Waals surface area contributed by atoms with Gasteiger partial charge in [-0.2, -0.15) is 0 Å². The van der Waals surface area contributed by atoms with Crippen molar-refractivity contribution in [1.82, 2.24) is 9.97 Å². The van der Waals surface area contributed by atoms with E-state index in [4.69, 9.17) is 5.84 Å². The Hall–Kier alpha value is -1.98. The molecular formula is C13H12N4S. The van der Waals surface area contributed by atoms with Crippen LogP contribution in [0.1, 0.15) is 0 Å². The number of H-pyrrole nitrogens is 1. The van der Waals surface area contributed by atoms with Crippen molar-refractivity contribution < 1.29 is 0 Å². The summed E-state index contributed by atoms with van der Waals surface area (Å²) in [5.74, 6) is 6.01. The Kier molecular flexibility index (Phi) is 2.92. The number of aromatic amines is 1. The van der Waals surface area contributed by atoms with Crippen LogP contribution in [0.3, 0.4) is 0 Å². The second-order valence-corrected chi connectivity index (χ2v) is 4.89. The van der Waals surface area contributed by atoms with Crippen LogP contribution in [0, 0.1) is 0 Å². The van der Waals surface area contributed by atoms with Crippen LogP contribution < -0.4 is 11.3 Å². The van der Waals surface area contributed by atoms with Crippen LogP contribution in [-0.4, -0.2) is 9.97 Å². The van der Waals surface area contributed by atoms with E-state index >= 15 is 0 Å². The summed E-state index contributed by atoms with van der Waals surface area (Å²) in [6, 6.07) is 16.0. The number of fused-ring (bicyclic) bond motifs is 1. The number of rotatable bonds is 3. The molecule has 4 nitrogen and oxygen atoms in total. The summed E-state index contributed by atoms with van der Waals surface area (Å²) >= 11 is 1.58. The molecule has 0 aliphatic rings. The fraction of sp³-hybridized carbons (Fsp3) is 0. The maximum absolute atomic E-state index is 5.34. The van der Waals surface area contributed by atoms with E-state index in [1.54, 1.807) is 11.8 Å². The maximum atomic E-state index is 5.34. The molecule has 90 valence electrons. The van der Waals surface area contributed by atoms with Crippen LogP contribution in [0.5, 0.6) is 0 Å². The molecule has 4 N–H and O–H groups in total. The van der Waals surface area contributed by atoms with E-state index in [0.717, 1.165) is 15.6 Å². The van der Waals surface area contributed by atoms with Crippen molar-refractivity contribution in [3.8, 4) is 0 Å². The third-order valence-corrected chi connectivity index (χ3v) is 3.47. The zero-order chi connectivity index (χ0) is 12.4. The van der Waals surface area contributed by atoms with Crippen molar-refractivity contribution in [2.45, 2.75) is 10.1 Å². The molecule has 1 aromatic carbocycles. The minimum absolute atomic E-state index is 0.663. The molecule has 3 rings (SSSR count). The Balaban J connectivity index is 1.91. The average molecular weight is 256 g/mol. The van der Waals surface area contributed by atoms with Gasteiger partial charge in [0.2, 0.25) is 0 Å². The molecule has 2 heterocycles. The quantitative estimate of drug-likeness (QED) is 0.498. The molecule has 0 fully saturated rings. The third kappa shape index (κ3) is 2.18. The van der Waals surface area contributed by atoms with Crippen molar-refractivity contribution >= 4 is 28.5 Å². The number of nitrogens with one attached hydrogen (secondary N) is 2. The van der Waals surface area contributed by atoms with Gasteiger partial charge in [0.05, 0.1) is 5.03 Å². The summed E-state index contributed by atoms with van der Waals surface area (Å²) in [6.45, 7) is 0. The molecule has 2 aromatic heterocycles. The first-order chi connectivity index (χ1) is 8.85. The molecule has 0 aliphatic carbocycles.